The number of phenols is 1. The molecule has 0 radical (unpaired) electrons. The summed E-state index contributed by atoms with van der Waals surface area (Å²) in [6.45, 7) is 0. The minimum absolute atomic E-state index is 0.145. The Morgan fingerprint density at radius 2 is 1.71 bits per heavy atom. The molecule has 0 saturated carbocycles. The molecule has 2 N–H and O–H groups in total. The Kier molecular flexibility index (Phi) is 4.66. The number of aromatic hydroxyl groups is 1. The van der Waals surface area contributed by atoms with Crippen LogP contribution in [0.4, 0.5) is 5.69 Å². The van der Waals surface area contributed by atoms with Crippen molar-refractivity contribution in [1.29, 1.82) is 0 Å². The lowest BCUT2D eigenvalue weighted by molar-refractivity contribution is -0.115. The molecular formula is C16H17NO4. The lowest BCUT2D eigenvalue weighted by Gasteiger charge is -2.10. The molecule has 0 saturated heterocycles. The molecule has 0 spiro atoms. The van der Waals surface area contributed by atoms with Crippen molar-refractivity contribution in [3.05, 3.63) is 48.0 Å². The Hall–Kier alpha value is -2.69. The molecular weight excluding hydrogens is 270 g/mol. The lowest BCUT2D eigenvalue weighted by atomic mass is 10.1. The van der Waals surface area contributed by atoms with Gasteiger partial charge in [0.15, 0.2) is 11.5 Å². The lowest BCUT2D eigenvalue weighted by Crippen LogP contribution is -2.14. The molecule has 0 aliphatic carbocycles. The number of amides is 1. The highest BCUT2D eigenvalue weighted by Crippen LogP contribution is 2.29. The van der Waals surface area contributed by atoms with Crippen LogP contribution in [0.15, 0.2) is 42.5 Å². The summed E-state index contributed by atoms with van der Waals surface area (Å²) < 4.78 is 10.3. The number of nitrogens with one attached hydrogen (secondary N) is 1. The highest BCUT2D eigenvalue weighted by atomic mass is 16.5. The predicted octanol–water partition coefficient (Wildman–Crippen LogP) is 2.59. The number of hydrogen-bond acceptors (Lipinski definition) is 4. The van der Waals surface area contributed by atoms with Crippen LogP contribution in [-0.4, -0.2) is 25.2 Å². The molecule has 2 aromatic carbocycles. The Morgan fingerprint density at radius 3 is 2.33 bits per heavy atom. The van der Waals surface area contributed by atoms with E-state index in [9.17, 15) is 9.90 Å². The molecule has 5 nitrogen and oxygen atoms in total. The number of carbonyl (C=O) groups excluding carboxylic acids is 1. The topological polar surface area (TPSA) is 67.8 Å². The third-order valence-corrected chi connectivity index (χ3v) is 2.97. The highest BCUT2D eigenvalue weighted by molar-refractivity contribution is 5.92. The quantitative estimate of drug-likeness (QED) is 0.887. The van der Waals surface area contributed by atoms with Crippen molar-refractivity contribution in [3.63, 3.8) is 0 Å². The van der Waals surface area contributed by atoms with Crippen molar-refractivity contribution in [2.45, 2.75) is 6.42 Å². The number of carbonyl (C=O) groups is 1. The first-order valence-corrected chi connectivity index (χ1v) is 6.42. The Labute approximate surface area is 123 Å². The maximum atomic E-state index is 12.0. The summed E-state index contributed by atoms with van der Waals surface area (Å²) in [5.41, 5.74) is 1.46. The van der Waals surface area contributed by atoms with Gasteiger partial charge >= 0.3 is 0 Å². The van der Waals surface area contributed by atoms with E-state index in [2.05, 4.69) is 5.32 Å². The predicted molar refractivity (Wildman–Crippen MR) is 80.0 cm³/mol. The molecule has 0 heterocycles. The average molecular weight is 287 g/mol. The molecule has 5 heteroatoms. The van der Waals surface area contributed by atoms with Crippen molar-refractivity contribution in [3.8, 4) is 17.2 Å². The molecule has 110 valence electrons. The Bertz CT molecular complexity index is 623. The number of phenolic OH excluding ortho intramolecular Hbond substituents is 1. The third kappa shape index (κ3) is 3.89. The summed E-state index contributed by atoms with van der Waals surface area (Å²) in [4.78, 5) is 12.0. The fourth-order valence-corrected chi connectivity index (χ4v) is 1.92. The molecule has 2 rings (SSSR count). The van der Waals surface area contributed by atoms with Crippen molar-refractivity contribution in [1.82, 2.24) is 0 Å². The van der Waals surface area contributed by atoms with E-state index in [-0.39, 0.29) is 18.1 Å². The van der Waals surface area contributed by atoms with Gasteiger partial charge in [-0.2, -0.15) is 0 Å². The maximum Gasteiger partial charge on any atom is 0.228 e. The number of hydrogen-bond donors (Lipinski definition) is 2. The monoisotopic (exact) mass is 287 g/mol. The van der Waals surface area contributed by atoms with E-state index in [1.54, 1.807) is 56.7 Å². The van der Waals surface area contributed by atoms with Gasteiger partial charge in [-0.1, -0.05) is 12.1 Å². The van der Waals surface area contributed by atoms with Crippen LogP contribution < -0.4 is 14.8 Å². The normalized spacial score (nSPS) is 10.0. The van der Waals surface area contributed by atoms with Crippen LogP contribution in [0.1, 0.15) is 5.56 Å². The summed E-state index contributed by atoms with van der Waals surface area (Å²) in [6, 6.07) is 11.7. The minimum atomic E-state index is -0.145. The van der Waals surface area contributed by atoms with Gasteiger partial charge in [-0.05, 0) is 29.8 Å². The van der Waals surface area contributed by atoms with Crippen LogP contribution in [0, 0.1) is 0 Å². The third-order valence-electron chi connectivity index (χ3n) is 2.97. The highest BCUT2D eigenvalue weighted by Gasteiger charge is 2.08. The van der Waals surface area contributed by atoms with Crippen molar-refractivity contribution < 1.29 is 19.4 Å². The van der Waals surface area contributed by atoms with E-state index in [1.165, 1.54) is 0 Å². The molecule has 1 amide bonds. The average Bonchev–Trinajstić information content (AvgIpc) is 2.49. The second-order valence-corrected chi connectivity index (χ2v) is 4.46. The zero-order valence-corrected chi connectivity index (χ0v) is 11.9. The van der Waals surface area contributed by atoms with Crippen LogP contribution in [0.5, 0.6) is 17.2 Å². The van der Waals surface area contributed by atoms with E-state index < -0.39 is 0 Å². The van der Waals surface area contributed by atoms with E-state index in [0.717, 1.165) is 5.56 Å². The number of methoxy groups -OCH3 is 2. The molecule has 0 aliphatic rings. The van der Waals surface area contributed by atoms with E-state index >= 15 is 0 Å². The van der Waals surface area contributed by atoms with Gasteiger partial charge in [-0.15, -0.1) is 0 Å². The molecule has 0 fully saturated rings. The molecule has 0 atom stereocenters. The van der Waals surface area contributed by atoms with Crippen LogP contribution in [0.2, 0.25) is 0 Å². The van der Waals surface area contributed by atoms with Gasteiger partial charge in [0.2, 0.25) is 5.91 Å². The van der Waals surface area contributed by atoms with Gasteiger partial charge in [-0.3, -0.25) is 4.79 Å². The first-order chi connectivity index (χ1) is 10.1. The maximum absolute atomic E-state index is 12.0. The zero-order chi connectivity index (χ0) is 15.2. The van der Waals surface area contributed by atoms with Crippen LogP contribution >= 0.6 is 0 Å². The number of rotatable bonds is 5. The Morgan fingerprint density at radius 1 is 1.05 bits per heavy atom. The first-order valence-electron chi connectivity index (χ1n) is 6.42. The zero-order valence-electron chi connectivity index (χ0n) is 11.9. The van der Waals surface area contributed by atoms with Crippen molar-refractivity contribution >= 4 is 11.6 Å². The van der Waals surface area contributed by atoms with Crippen LogP contribution in [0.25, 0.3) is 0 Å². The van der Waals surface area contributed by atoms with Gasteiger partial charge in [0.25, 0.3) is 0 Å². The van der Waals surface area contributed by atoms with E-state index in [1.807, 2.05) is 0 Å². The molecule has 2 aromatic rings. The first kappa shape index (κ1) is 14.7. The summed E-state index contributed by atoms with van der Waals surface area (Å²) in [7, 11) is 3.10. The summed E-state index contributed by atoms with van der Waals surface area (Å²) in [5.74, 6) is 1.20. The Balaban J connectivity index is 2.04. The molecule has 0 aliphatic heterocycles. The second kappa shape index (κ2) is 6.65. The van der Waals surface area contributed by atoms with Crippen molar-refractivity contribution in [2.24, 2.45) is 0 Å². The SMILES string of the molecule is COc1ccc(NC(=O)Cc2ccc(O)cc2)cc1OC. The van der Waals surface area contributed by atoms with Crippen molar-refractivity contribution in [2.75, 3.05) is 19.5 Å². The van der Waals surface area contributed by atoms with Gasteiger partial charge in [0.1, 0.15) is 5.75 Å². The second-order valence-electron chi connectivity index (χ2n) is 4.46. The van der Waals surface area contributed by atoms with Gasteiger partial charge < -0.3 is 19.9 Å². The van der Waals surface area contributed by atoms with E-state index in [4.69, 9.17) is 9.47 Å². The fraction of sp³-hybridized carbons (Fsp3) is 0.188. The largest absolute Gasteiger partial charge is 0.508 e. The number of anilines is 1. The summed E-state index contributed by atoms with van der Waals surface area (Å²) in [5, 5.41) is 12.0. The molecule has 21 heavy (non-hydrogen) atoms. The summed E-state index contributed by atoms with van der Waals surface area (Å²) >= 11 is 0. The van der Waals surface area contributed by atoms with Crippen LogP contribution in [0.3, 0.4) is 0 Å². The number of ether oxygens (including phenoxy) is 2. The van der Waals surface area contributed by atoms with Gasteiger partial charge in [0, 0.05) is 11.8 Å². The molecule has 0 bridgehead atoms. The minimum Gasteiger partial charge on any atom is -0.508 e. The standard InChI is InChI=1S/C16H17NO4/c1-20-14-8-5-12(10-15(14)21-2)17-16(19)9-11-3-6-13(18)7-4-11/h3-8,10,18H,9H2,1-2H3,(H,17,19). The van der Waals surface area contributed by atoms with Crippen LogP contribution in [-0.2, 0) is 11.2 Å². The smallest absolute Gasteiger partial charge is 0.228 e. The van der Waals surface area contributed by atoms with Gasteiger partial charge in [-0.25, -0.2) is 0 Å². The molecule has 0 aromatic heterocycles. The summed E-state index contributed by atoms with van der Waals surface area (Å²) in [6.07, 6.45) is 0.231. The van der Waals surface area contributed by atoms with E-state index in [0.29, 0.717) is 17.2 Å². The molecule has 0 unspecified atom stereocenters. The fourth-order valence-electron chi connectivity index (χ4n) is 1.92. The number of benzene rings is 2. The van der Waals surface area contributed by atoms with Gasteiger partial charge in [0.05, 0.1) is 20.6 Å².